The van der Waals surface area contributed by atoms with Crippen LogP contribution >= 0.6 is 0 Å². The molecular formula is C16H28N6O4. The van der Waals surface area contributed by atoms with Gasteiger partial charge in [0.25, 0.3) is 11.9 Å². The van der Waals surface area contributed by atoms with Crippen molar-refractivity contribution in [1.82, 2.24) is 16.1 Å². The minimum atomic E-state index is -1.76. The largest absolute Gasteiger partial charge is 0.365 e. The molecule has 0 aliphatic carbocycles. The van der Waals surface area contributed by atoms with Crippen LogP contribution in [0.4, 0.5) is 0 Å². The Bertz CT molecular complexity index is 573. The van der Waals surface area contributed by atoms with Gasteiger partial charge in [0.05, 0.1) is 0 Å². The highest BCUT2D eigenvalue weighted by atomic mass is 16.7. The number of amides is 2. The van der Waals surface area contributed by atoms with Crippen LogP contribution < -0.4 is 21.8 Å². The number of guanidine groups is 1. The Morgan fingerprint density at radius 1 is 1.42 bits per heavy atom. The second kappa shape index (κ2) is 11.6. The average Bonchev–Trinajstić information content (AvgIpc) is 2.51. The fraction of sp³-hybridized carbons (Fsp3) is 0.562. The summed E-state index contributed by atoms with van der Waals surface area (Å²) in [6.45, 7) is 9.63. The Morgan fingerprint density at radius 2 is 2.08 bits per heavy atom. The number of allylic oxidation sites excluding steroid dienone is 2. The summed E-state index contributed by atoms with van der Waals surface area (Å²) in [5.41, 5.74) is 5.44. The molecule has 0 radical (unpaired) electrons. The van der Waals surface area contributed by atoms with E-state index in [9.17, 15) is 19.7 Å². The predicted octanol–water partition coefficient (Wildman–Crippen LogP) is 0.600. The van der Waals surface area contributed by atoms with E-state index in [2.05, 4.69) is 22.2 Å². The zero-order valence-electron chi connectivity index (χ0n) is 15.4. The fourth-order valence-electron chi connectivity index (χ4n) is 2.07. The third-order valence-electron chi connectivity index (χ3n) is 3.23. The van der Waals surface area contributed by atoms with Crippen LogP contribution in [0.5, 0.6) is 0 Å². The van der Waals surface area contributed by atoms with E-state index in [-0.39, 0.29) is 6.42 Å². The smallest absolute Gasteiger partial charge is 0.268 e. The summed E-state index contributed by atoms with van der Waals surface area (Å²) in [7, 11) is 0. The molecule has 0 aliphatic heterocycles. The van der Waals surface area contributed by atoms with Crippen molar-refractivity contribution < 1.29 is 14.6 Å². The summed E-state index contributed by atoms with van der Waals surface area (Å²) in [4.78, 5) is 39.3. The van der Waals surface area contributed by atoms with Crippen LogP contribution in [0.25, 0.3) is 0 Å². The van der Waals surface area contributed by atoms with Crippen molar-refractivity contribution in [1.29, 1.82) is 0 Å². The highest BCUT2D eigenvalue weighted by Crippen LogP contribution is 2.16. The van der Waals surface area contributed by atoms with E-state index < -0.39 is 28.5 Å². The van der Waals surface area contributed by atoms with Crippen LogP contribution in [-0.4, -0.2) is 35.0 Å². The van der Waals surface area contributed by atoms with Gasteiger partial charge >= 0.3 is 0 Å². The topological polar surface area (TPSA) is 152 Å². The summed E-state index contributed by atoms with van der Waals surface area (Å²) in [6, 6.07) is 0. The van der Waals surface area contributed by atoms with Crippen LogP contribution in [0, 0.1) is 16.0 Å². The van der Waals surface area contributed by atoms with Crippen molar-refractivity contribution in [2.24, 2.45) is 16.6 Å². The molecular weight excluding hydrogens is 340 g/mol. The molecule has 10 nitrogen and oxygen atoms in total. The third kappa shape index (κ3) is 8.81. The van der Waals surface area contributed by atoms with Crippen LogP contribution in [0.1, 0.15) is 40.0 Å². The van der Waals surface area contributed by atoms with Gasteiger partial charge in [0, 0.05) is 19.0 Å². The molecule has 0 aromatic carbocycles. The number of aliphatic imine (C=N–C) groups is 1. The van der Waals surface area contributed by atoms with Gasteiger partial charge in [-0.05, 0) is 12.3 Å². The van der Waals surface area contributed by atoms with Gasteiger partial charge in [-0.25, -0.2) is 15.1 Å². The van der Waals surface area contributed by atoms with Gasteiger partial charge in [0.1, 0.15) is 0 Å². The predicted molar refractivity (Wildman–Crippen MR) is 99.3 cm³/mol. The second-order valence-corrected chi connectivity index (χ2v) is 6.00. The maximum atomic E-state index is 12.7. The van der Waals surface area contributed by atoms with E-state index in [0.29, 0.717) is 18.9 Å². The number of hydrazine groups is 1. The number of nitrogens with one attached hydrogen (secondary N) is 3. The molecule has 0 unspecified atom stereocenters. The number of rotatable bonds is 11. The lowest BCUT2D eigenvalue weighted by molar-refractivity contribution is -0.525. The van der Waals surface area contributed by atoms with Crippen LogP contribution in [-0.2, 0) is 9.59 Å². The van der Waals surface area contributed by atoms with Gasteiger partial charge in [-0.2, -0.15) is 0 Å². The van der Waals surface area contributed by atoms with E-state index in [0.717, 1.165) is 6.42 Å². The molecule has 0 fully saturated rings. The molecule has 10 heteroatoms. The van der Waals surface area contributed by atoms with Gasteiger partial charge in [-0.15, -0.1) is 0 Å². The molecule has 146 valence electrons. The molecule has 0 saturated heterocycles. The maximum absolute atomic E-state index is 12.7. The summed E-state index contributed by atoms with van der Waals surface area (Å²) < 4.78 is 0. The summed E-state index contributed by atoms with van der Waals surface area (Å²) in [5, 5.41) is 14.9. The number of hydrogen-bond donors (Lipinski definition) is 4. The first kappa shape index (κ1) is 23.1. The van der Waals surface area contributed by atoms with Crippen molar-refractivity contribution in [3.05, 3.63) is 34.9 Å². The van der Waals surface area contributed by atoms with E-state index in [1.165, 1.54) is 18.2 Å². The minimum Gasteiger partial charge on any atom is -0.365 e. The average molecular weight is 368 g/mol. The maximum Gasteiger partial charge on any atom is 0.268 e. The number of nitro groups is 1. The van der Waals surface area contributed by atoms with E-state index in [4.69, 9.17) is 5.73 Å². The SMILES string of the molecule is C=C/C=C/C(=O)N[C@](CCC)(N=C(N)N[N+](=O)[O-])C(=O)NCCC(C)C. The molecule has 0 saturated carbocycles. The normalized spacial score (nSPS) is 13.9. The molecule has 0 bridgehead atoms. The number of carbonyl (C=O) groups excluding carboxylic acids is 2. The molecule has 0 aliphatic rings. The Balaban J connectivity index is 5.68. The van der Waals surface area contributed by atoms with Crippen LogP contribution in [0.15, 0.2) is 29.8 Å². The first-order valence-electron chi connectivity index (χ1n) is 8.32. The summed E-state index contributed by atoms with van der Waals surface area (Å²) in [5.74, 6) is -1.41. The van der Waals surface area contributed by atoms with Crippen molar-refractivity contribution >= 4 is 17.8 Å². The first-order valence-corrected chi connectivity index (χ1v) is 8.32. The molecule has 0 spiro atoms. The zero-order valence-corrected chi connectivity index (χ0v) is 15.4. The van der Waals surface area contributed by atoms with Crippen molar-refractivity contribution in [2.75, 3.05) is 6.54 Å². The standard InChI is InChI=1S/C16H28N6O4/c1-5-7-8-13(23)19-16(10-6-2,20-15(17)21-22(25)26)14(24)18-11-9-12(3)4/h5,7-8,12H,1,6,9-11H2,2-4H3,(H,18,24)(H,19,23)(H3,17,20,21)/b8-7+/t16-/m1/s1. The number of nitrogens with zero attached hydrogens (tertiary/aromatic N) is 2. The molecule has 0 aromatic rings. The van der Waals surface area contributed by atoms with Gasteiger partial charge in [-0.3, -0.25) is 9.59 Å². The van der Waals surface area contributed by atoms with Gasteiger partial charge in [0.15, 0.2) is 5.03 Å². The van der Waals surface area contributed by atoms with Crippen molar-refractivity contribution in [2.45, 2.75) is 45.7 Å². The highest BCUT2D eigenvalue weighted by molar-refractivity contribution is 5.97. The van der Waals surface area contributed by atoms with E-state index in [1.54, 1.807) is 12.3 Å². The molecule has 26 heavy (non-hydrogen) atoms. The molecule has 1 atom stereocenters. The lowest BCUT2D eigenvalue weighted by Gasteiger charge is -2.29. The molecule has 0 aromatic heterocycles. The van der Waals surface area contributed by atoms with Gasteiger partial charge < -0.3 is 16.4 Å². The van der Waals surface area contributed by atoms with Crippen LogP contribution in [0.2, 0.25) is 0 Å². The van der Waals surface area contributed by atoms with Gasteiger partial charge in [0.2, 0.25) is 11.6 Å². The first-order chi connectivity index (χ1) is 12.2. The summed E-state index contributed by atoms with van der Waals surface area (Å²) in [6.07, 6.45) is 5.27. The van der Waals surface area contributed by atoms with E-state index in [1.807, 2.05) is 13.8 Å². The fourth-order valence-corrected chi connectivity index (χ4v) is 2.07. The Hall–Kier alpha value is -2.91. The van der Waals surface area contributed by atoms with Crippen molar-refractivity contribution in [3.63, 3.8) is 0 Å². The van der Waals surface area contributed by atoms with Gasteiger partial charge in [-0.1, -0.05) is 51.3 Å². The summed E-state index contributed by atoms with van der Waals surface area (Å²) >= 11 is 0. The number of hydrogen-bond acceptors (Lipinski definition) is 5. The van der Waals surface area contributed by atoms with E-state index >= 15 is 0 Å². The Labute approximate surface area is 153 Å². The quantitative estimate of drug-likeness (QED) is 0.105. The minimum absolute atomic E-state index is 0.105. The third-order valence-corrected chi connectivity index (χ3v) is 3.23. The number of nitrogens with two attached hydrogens (primary N) is 1. The molecule has 2 amide bonds. The molecule has 5 N–H and O–H groups in total. The van der Waals surface area contributed by atoms with Crippen molar-refractivity contribution in [3.8, 4) is 0 Å². The lowest BCUT2D eigenvalue weighted by atomic mass is 10.0. The zero-order chi connectivity index (χ0) is 20.2. The molecule has 0 rings (SSSR count). The highest BCUT2D eigenvalue weighted by Gasteiger charge is 2.39. The molecule has 0 heterocycles. The monoisotopic (exact) mass is 368 g/mol. The lowest BCUT2D eigenvalue weighted by Crippen LogP contribution is -2.59. The Kier molecular flexibility index (Phi) is 10.3. The number of carbonyl (C=O) groups is 2. The van der Waals surface area contributed by atoms with Crippen LogP contribution in [0.3, 0.4) is 0 Å². The Morgan fingerprint density at radius 3 is 2.58 bits per heavy atom. The second-order valence-electron chi connectivity index (χ2n) is 6.00.